The number of hydrogen-bond acceptors (Lipinski definition) is 4. The van der Waals surface area contributed by atoms with E-state index in [0.29, 0.717) is 13.1 Å². The van der Waals surface area contributed by atoms with Crippen LogP contribution in [-0.4, -0.2) is 34.3 Å². The molecular formula is C16H21N5O2. The summed E-state index contributed by atoms with van der Waals surface area (Å²) in [6, 6.07) is 8.93. The van der Waals surface area contributed by atoms with Gasteiger partial charge in [0, 0.05) is 12.7 Å². The minimum atomic E-state index is -0.549. The number of rotatable bonds is 6. The van der Waals surface area contributed by atoms with Crippen molar-refractivity contribution in [1.82, 2.24) is 20.4 Å². The van der Waals surface area contributed by atoms with Gasteiger partial charge in [0.05, 0.1) is 18.4 Å². The van der Waals surface area contributed by atoms with Crippen molar-refractivity contribution in [2.24, 2.45) is 0 Å². The maximum atomic E-state index is 11.9. The predicted octanol–water partition coefficient (Wildman–Crippen LogP) is 1.58. The number of imide groups is 1. The highest BCUT2D eigenvalue weighted by molar-refractivity contribution is 5.97. The second kappa shape index (κ2) is 7.98. The van der Waals surface area contributed by atoms with Crippen molar-refractivity contribution in [2.75, 3.05) is 11.9 Å². The van der Waals surface area contributed by atoms with Gasteiger partial charge in [-0.2, -0.15) is 5.10 Å². The average Bonchev–Trinajstić information content (AvgIpc) is 2.95. The molecule has 1 atom stereocenters. The highest BCUT2D eigenvalue weighted by atomic mass is 16.2. The number of benzene rings is 1. The zero-order valence-corrected chi connectivity index (χ0v) is 13.2. The van der Waals surface area contributed by atoms with Crippen molar-refractivity contribution >= 4 is 17.6 Å². The van der Waals surface area contributed by atoms with E-state index >= 15 is 0 Å². The smallest absolute Gasteiger partial charge is 0.321 e. The lowest BCUT2D eigenvalue weighted by Crippen LogP contribution is -2.45. The highest BCUT2D eigenvalue weighted by Crippen LogP contribution is 2.09. The molecule has 3 N–H and O–H groups in total. The third kappa shape index (κ3) is 5.14. The number of nitrogens with one attached hydrogen (secondary N) is 3. The normalized spacial score (nSPS) is 11.6. The Morgan fingerprint density at radius 2 is 2.00 bits per heavy atom. The number of urea groups is 1. The Morgan fingerprint density at radius 1 is 1.26 bits per heavy atom. The molecular weight excluding hydrogens is 294 g/mol. The van der Waals surface area contributed by atoms with Gasteiger partial charge in [-0.25, -0.2) is 4.79 Å². The van der Waals surface area contributed by atoms with Gasteiger partial charge in [0.15, 0.2) is 0 Å². The molecule has 0 aliphatic carbocycles. The van der Waals surface area contributed by atoms with E-state index in [1.54, 1.807) is 24.7 Å². The minimum Gasteiger partial charge on any atom is -0.371 e. The maximum absolute atomic E-state index is 11.9. The van der Waals surface area contributed by atoms with E-state index in [1.807, 2.05) is 36.5 Å². The summed E-state index contributed by atoms with van der Waals surface area (Å²) in [7, 11) is 0. The first kappa shape index (κ1) is 16.5. The highest BCUT2D eigenvalue weighted by Gasteiger charge is 2.15. The van der Waals surface area contributed by atoms with Crippen LogP contribution in [0, 0.1) is 0 Å². The van der Waals surface area contributed by atoms with Gasteiger partial charge in [0.1, 0.15) is 6.04 Å². The lowest BCUT2D eigenvalue weighted by Gasteiger charge is -2.13. The first-order valence-corrected chi connectivity index (χ1v) is 7.50. The molecule has 1 heterocycles. The van der Waals surface area contributed by atoms with Crippen LogP contribution in [-0.2, 0) is 11.3 Å². The Hall–Kier alpha value is -2.83. The number of aromatic nitrogens is 2. The lowest BCUT2D eigenvalue weighted by atomic mass is 10.2. The summed E-state index contributed by atoms with van der Waals surface area (Å²) in [5.41, 5.74) is 1.86. The van der Waals surface area contributed by atoms with Crippen molar-refractivity contribution < 1.29 is 9.59 Å². The second-order valence-electron chi connectivity index (χ2n) is 5.13. The number of carbonyl (C=O) groups is 2. The zero-order chi connectivity index (χ0) is 16.7. The molecule has 0 radical (unpaired) electrons. The summed E-state index contributed by atoms with van der Waals surface area (Å²) in [6.45, 7) is 4.59. The Balaban J connectivity index is 1.88. The topological polar surface area (TPSA) is 88.1 Å². The van der Waals surface area contributed by atoms with Crippen LogP contribution in [0.1, 0.15) is 19.4 Å². The van der Waals surface area contributed by atoms with Gasteiger partial charge < -0.3 is 10.6 Å². The number of anilines is 1. The van der Waals surface area contributed by atoms with Gasteiger partial charge in [-0.1, -0.05) is 30.3 Å². The minimum absolute atomic E-state index is 0.397. The van der Waals surface area contributed by atoms with Crippen LogP contribution >= 0.6 is 0 Å². The molecule has 3 amide bonds. The summed E-state index contributed by atoms with van der Waals surface area (Å²) in [6.07, 6.45) is 3.47. The number of nitrogens with zero attached hydrogens (tertiary/aromatic N) is 2. The fourth-order valence-corrected chi connectivity index (χ4v) is 2.04. The maximum Gasteiger partial charge on any atom is 0.321 e. The van der Waals surface area contributed by atoms with E-state index in [2.05, 4.69) is 21.0 Å². The molecule has 1 aromatic heterocycles. The molecule has 0 saturated carbocycles. The fourth-order valence-electron chi connectivity index (χ4n) is 2.04. The molecule has 0 fully saturated rings. The van der Waals surface area contributed by atoms with Crippen molar-refractivity contribution in [1.29, 1.82) is 0 Å². The molecule has 0 aliphatic rings. The Kier molecular flexibility index (Phi) is 5.74. The molecule has 0 bridgehead atoms. The summed E-state index contributed by atoms with van der Waals surface area (Å²) >= 11 is 0. The molecule has 0 aliphatic heterocycles. The van der Waals surface area contributed by atoms with Crippen LogP contribution in [0.15, 0.2) is 42.7 Å². The molecule has 2 aromatic rings. The third-order valence-electron chi connectivity index (χ3n) is 3.17. The van der Waals surface area contributed by atoms with Gasteiger partial charge in [0.25, 0.3) is 0 Å². The van der Waals surface area contributed by atoms with E-state index in [1.165, 1.54) is 0 Å². The number of amides is 3. The summed E-state index contributed by atoms with van der Waals surface area (Å²) < 4.78 is 1.78. The fraction of sp³-hybridized carbons (Fsp3) is 0.312. The van der Waals surface area contributed by atoms with Gasteiger partial charge in [-0.3, -0.25) is 14.8 Å². The molecule has 7 nitrogen and oxygen atoms in total. The Labute approximate surface area is 135 Å². The zero-order valence-electron chi connectivity index (χ0n) is 13.2. The van der Waals surface area contributed by atoms with E-state index in [9.17, 15) is 9.59 Å². The van der Waals surface area contributed by atoms with Gasteiger partial charge >= 0.3 is 6.03 Å². The first-order chi connectivity index (χ1) is 11.1. The molecule has 0 saturated heterocycles. The average molecular weight is 315 g/mol. The lowest BCUT2D eigenvalue weighted by molar-refractivity contribution is -0.120. The largest absolute Gasteiger partial charge is 0.371 e. The van der Waals surface area contributed by atoms with Crippen molar-refractivity contribution in [3.8, 4) is 0 Å². The molecule has 2 rings (SSSR count). The van der Waals surface area contributed by atoms with E-state index < -0.39 is 18.0 Å². The van der Waals surface area contributed by atoms with Crippen LogP contribution in [0.2, 0.25) is 0 Å². The van der Waals surface area contributed by atoms with Crippen molar-refractivity contribution in [2.45, 2.75) is 26.4 Å². The van der Waals surface area contributed by atoms with Crippen molar-refractivity contribution in [3.63, 3.8) is 0 Å². The number of hydrogen-bond donors (Lipinski definition) is 3. The third-order valence-corrected chi connectivity index (χ3v) is 3.17. The van der Waals surface area contributed by atoms with Crippen LogP contribution in [0.4, 0.5) is 10.5 Å². The molecule has 122 valence electrons. The van der Waals surface area contributed by atoms with Crippen LogP contribution in [0.5, 0.6) is 0 Å². The SMILES string of the molecule is CCNC(=O)NC(=O)[C@H](C)Nc1cnn(Cc2ccccc2)c1. The van der Waals surface area contributed by atoms with Gasteiger partial charge in [0.2, 0.25) is 5.91 Å². The number of carbonyl (C=O) groups excluding carboxylic acids is 2. The van der Waals surface area contributed by atoms with E-state index in [0.717, 1.165) is 11.3 Å². The van der Waals surface area contributed by atoms with Crippen LogP contribution in [0.3, 0.4) is 0 Å². The molecule has 7 heteroatoms. The first-order valence-electron chi connectivity index (χ1n) is 7.50. The molecule has 0 spiro atoms. The van der Waals surface area contributed by atoms with E-state index in [-0.39, 0.29) is 0 Å². The monoisotopic (exact) mass is 315 g/mol. The second-order valence-corrected chi connectivity index (χ2v) is 5.13. The summed E-state index contributed by atoms with van der Waals surface area (Å²) in [4.78, 5) is 23.2. The Morgan fingerprint density at radius 3 is 2.70 bits per heavy atom. The van der Waals surface area contributed by atoms with E-state index in [4.69, 9.17) is 0 Å². The molecule has 1 aromatic carbocycles. The quantitative estimate of drug-likeness (QED) is 0.755. The standard InChI is InChI=1S/C16H21N5O2/c1-3-17-16(23)20-15(22)12(2)19-14-9-18-21(11-14)10-13-7-5-4-6-8-13/h4-9,11-12,19H,3,10H2,1-2H3,(H2,17,20,22,23)/t12-/m0/s1. The summed E-state index contributed by atoms with van der Waals surface area (Å²) in [5.74, 6) is -0.397. The van der Waals surface area contributed by atoms with Crippen LogP contribution in [0.25, 0.3) is 0 Å². The Bertz CT molecular complexity index is 654. The molecule has 0 unspecified atom stereocenters. The summed E-state index contributed by atoms with van der Waals surface area (Å²) in [5, 5.41) is 12.1. The van der Waals surface area contributed by atoms with Gasteiger partial charge in [-0.15, -0.1) is 0 Å². The van der Waals surface area contributed by atoms with Gasteiger partial charge in [-0.05, 0) is 19.4 Å². The van der Waals surface area contributed by atoms with Crippen molar-refractivity contribution in [3.05, 3.63) is 48.3 Å². The predicted molar refractivity (Wildman–Crippen MR) is 88.1 cm³/mol. The van der Waals surface area contributed by atoms with Crippen LogP contribution < -0.4 is 16.0 Å². The molecule has 23 heavy (non-hydrogen) atoms.